The molecule has 0 fully saturated rings. The molecule has 0 amide bonds. The van der Waals surface area contributed by atoms with Gasteiger partial charge in [0.05, 0.1) is 0 Å². The Labute approximate surface area is 173 Å². The van der Waals surface area contributed by atoms with Crippen LogP contribution in [0.1, 0.15) is 38.5 Å². The molecule has 0 rings (SSSR count). The number of carboxylic acids is 4. The third-order valence-electron chi connectivity index (χ3n) is 4.72. The summed E-state index contributed by atoms with van der Waals surface area (Å²) in [4.78, 5) is 43.8. The highest BCUT2D eigenvalue weighted by molar-refractivity contribution is 6.84. The molecule has 0 aliphatic rings. The van der Waals surface area contributed by atoms with Gasteiger partial charge in [0.1, 0.15) is 0 Å². The molecule has 0 bridgehead atoms. The first kappa shape index (κ1) is 27.3. The number of carbonyl (C=O) groups is 4. The molecular formula is C18H34O9Si2. The molecule has 0 spiro atoms. The van der Waals surface area contributed by atoms with Crippen molar-refractivity contribution in [2.45, 2.75) is 76.8 Å². The van der Waals surface area contributed by atoms with Crippen LogP contribution in [-0.4, -0.2) is 60.9 Å². The van der Waals surface area contributed by atoms with E-state index in [0.717, 1.165) is 0 Å². The molecule has 9 nitrogen and oxygen atoms in total. The van der Waals surface area contributed by atoms with Crippen LogP contribution in [0.25, 0.3) is 0 Å². The van der Waals surface area contributed by atoms with Crippen LogP contribution in [0.5, 0.6) is 0 Å². The maximum atomic E-state index is 11.0. The lowest BCUT2D eigenvalue weighted by atomic mass is 9.99. The Hall–Kier alpha value is -1.73. The molecule has 0 aromatic rings. The molecular weight excluding hydrogens is 416 g/mol. The monoisotopic (exact) mass is 450 g/mol. The van der Waals surface area contributed by atoms with Gasteiger partial charge < -0.3 is 24.5 Å². The van der Waals surface area contributed by atoms with Crippen LogP contribution in [0.15, 0.2) is 0 Å². The number of rotatable bonds is 16. The first-order valence-electron chi connectivity index (χ1n) is 9.69. The molecule has 168 valence electrons. The summed E-state index contributed by atoms with van der Waals surface area (Å²) < 4.78 is 6.43. The molecule has 0 heterocycles. The van der Waals surface area contributed by atoms with Crippen LogP contribution in [0, 0.1) is 11.8 Å². The van der Waals surface area contributed by atoms with Crippen molar-refractivity contribution >= 4 is 40.5 Å². The summed E-state index contributed by atoms with van der Waals surface area (Å²) in [6.07, 6.45) is 0.159. The predicted octanol–water partition coefficient (Wildman–Crippen LogP) is 3.32. The van der Waals surface area contributed by atoms with E-state index < -0.39 is 52.3 Å². The second-order valence-electron chi connectivity index (χ2n) is 8.82. The topological polar surface area (TPSA) is 158 Å². The second-order valence-corrected chi connectivity index (χ2v) is 17.7. The van der Waals surface area contributed by atoms with E-state index in [2.05, 4.69) is 0 Å². The third kappa shape index (κ3) is 14.9. The van der Waals surface area contributed by atoms with Gasteiger partial charge in [-0.15, -0.1) is 0 Å². The van der Waals surface area contributed by atoms with E-state index in [-0.39, 0.29) is 25.7 Å². The molecule has 0 aliphatic carbocycles. The molecule has 0 atom stereocenters. The van der Waals surface area contributed by atoms with Crippen molar-refractivity contribution < 1.29 is 43.7 Å². The van der Waals surface area contributed by atoms with Crippen molar-refractivity contribution in [2.75, 3.05) is 0 Å². The fraction of sp³-hybridized carbons (Fsp3) is 0.778. The van der Waals surface area contributed by atoms with Gasteiger partial charge in [-0.25, -0.2) is 0 Å². The number of carboxylic acid groups (broad SMARTS) is 4. The lowest BCUT2D eigenvalue weighted by Gasteiger charge is -2.35. The lowest BCUT2D eigenvalue weighted by molar-refractivity contribution is -0.142. The molecule has 0 aromatic heterocycles. The van der Waals surface area contributed by atoms with Gasteiger partial charge in [0, 0.05) is 25.7 Å². The maximum Gasteiger partial charge on any atom is 0.303 e. The molecule has 0 unspecified atom stereocenters. The quantitative estimate of drug-likeness (QED) is 0.259. The minimum atomic E-state index is -2.20. The molecule has 11 heteroatoms. The average molecular weight is 451 g/mol. The van der Waals surface area contributed by atoms with E-state index in [1.54, 1.807) is 0 Å². The summed E-state index contributed by atoms with van der Waals surface area (Å²) in [5, 5.41) is 35.9. The third-order valence-corrected chi connectivity index (χ3v) is 12.1. The lowest BCUT2D eigenvalue weighted by Crippen LogP contribution is -2.44. The minimum Gasteiger partial charge on any atom is -0.481 e. The molecule has 0 saturated carbocycles. The van der Waals surface area contributed by atoms with Gasteiger partial charge in [0.15, 0.2) is 16.6 Å². The minimum absolute atomic E-state index is 0.191. The van der Waals surface area contributed by atoms with Crippen LogP contribution in [0.4, 0.5) is 0 Å². The summed E-state index contributed by atoms with van der Waals surface area (Å²) in [7, 11) is -4.39. The number of hydrogen-bond donors (Lipinski definition) is 4. The Bertz CT molecular complexity index is 508. The van der Waals surface area contributed by atoms with Crippen molar-refractivity contribution in [2.24, 2.45) is 11.8 Å². The van der Waals surface area contributed by atoms with Crippen molar-refractivity contribution in [3.63, 3.8) is 0 Å². The molecule has 4 N–H and O–H groups in total. The Kier molecular flexibility index (Phi) is 11.4. The first-order valence-corrected chi connectivity index (χ1v) is 15.9. The normalized spacial score (nSPS) is 12.3. The van der Waals surface area contributed by atoms with Crippen LogP contribution < -0.4 is 0 Å². The Morgan fingerprint density at radius 1 is 0.621 bits per heavy atom. The van der Waals surface area contributed by atoms with Gasteiger partial charge in [-0.3, -0.25) is 19.2 Å². The summed E-state index contributed by atoms with van der Waals surface area (Å²) in [5.41, 5.74) is 0. The van der Waals surface area contributed by atoms with Crippen molar-refractivity contribution in [1.82, 2.24) is 0 Å². The maximum absolute atomic E-state index is 11.0. The van der Waals surface area contributed by atoms with Crippen LogP contribution in [0.3, 0.4) is 0 Å². The largest absolute Gasteiger partial charge is 0.481 e. The zero-order valence-corrected chi connectivity index (χ0v) is 19.6. The van der Waals surface area contributed by atoms with Gasteiger partial charge >= 0.3 is 23.9 Å². The van der Waals surface area contributed by atoms with Crippen molar-refractivity contribution in [1.29, 1.82) is 0 Å². The fourth-order valence-electron chi connectivity index (χ4n) is 3.49. The summed E-state index contributed by atoms with van der Waals surface area (Å²) >= 11 is 0. The van der Waals surface area contributed by atoms with E-state index in [1.165, 1.54) is 0 Å². The van der Waals surface area contributed by atoms with Gasteiger partial charge in [-0.2, -0.15) is 0 Å². The first-order chi connectivity index (χ1) is 13.1. The van der Waals surface area contributed by atoms with Gasteiger partial charge in [-0.05, 0) is 63.0 Å². The van der Waals surface area contributed by atoms with E-state index in [9.17, 15) is 19.2 Å². The zero-order chi connectivity index (χ0) is 22.8. The van der Waals surface area contributed by atoms with E-state index in [4.69, 9.17) is 24.5 Å². The molecule has 0 radical (unpaired) electrons. The van der Waals surface area contributed by atoms with Crippen molar-refractivity contribution in [3.05, 3.63) is 0 Å². The Balaban J connectivity index is 4.82. The fourth-order valence-corrected chi connectivity index (χ4v) is 12.5. The summed E-state index contributed by atoms with van der Waals surface area (Å²) in [6.45, 7) is 8.03. The summed E-state index contributed by atoms with van der Waals surface area (Å²) in [5.74, 6) is -4.96. The van der Waals surface area contributed by atoms with E-state index >= 15 is 0 Å². The second kappa shape index (κ2) is 12.1. The SMILES string of the molecule is C[Si](C)(CCC(CC(=O)O)CC(=O)O)O[Si](C)(C)CCC(CC(=O)O)CC(=O)O. The molecule has 0 aromatic carbocycles. The molecule has 0 aliphatic heterocycles. The van der Waals surface area contributed by atoms with E-state index in [1.807, 2.05) is 26.2 Å². The highest BCUT2D eigenvalue weighted by atomic mass is 28.4. The smallest absolute Gasteiger partial charge is 0.303 e. The number of hydrogen-bond acceptors (Lipinski definition) is 5. The molecule has 0 saturated heterocycles. The Morgan fingerprint density at radius 3 is 1.07 bits per heavy atom. The highest BCUT2D eigenvalue weighted by Crippen LogP contribution is 2.29. The van der Waals surface area contributed by atoms with Crippen molar-refractivity contribution in [3.8, 4) is 0 Å². The highest BCUT2D eigenvalue weighted by Gasteiger charge is 2.34. The van der Waals surface area contributed by atoms with Gasteiger partial charge in [0.25, 0.3) is 0 Å². The van der Waals surface area contributed by atoms with Crippen LogP contribution in [0.2, 0.25) is 38.3 Å². The predicted molar refractivity (Wildman–Crippen MR) is 111 cm³/mol. The number of aliphatic carboxylic acids is 4. The Morgan fingerprint density at radius 2 is 0.862 bits per heavy atom. The van der Waals surface area contributed by atoms with Gasteiger partial charge in [-0.1, -0.05) is 0 Å². The standard InChI is InChI=1S/C18H34O9Si2/c1-28(2,7-5-13(9-15(19)20)10-16(21)22)27-29(3,4)8-6-14(11-17(23)24)12-18(25)26/h13-14H,5-12H2,1-4H3,(H,19,20)(H,21,22)(H,23,24)(H,25,26). The van der Waals surface area contributed by atoms with Crippen LogP contribution >= 0.6 is 0 Å². The zero-order valence-electron chi connectivity index (χ0n) is 17.6. The van der Waals surface area contributed by atoms with E-state index in [0.29, 0.717) is 24.9 Å². The van der Waals surface area contributed by atoms with Gasteiger partial charge in [0.2, 0.25) is 0 Å². The average Bonchev–Trinajstić information content (AvgIpc) is 2.47. The van der Waals surface area contributed by atoms with Crippen LogP contribution in [-0.2, 0) is 23.3 Å². The summed E-state index contributed by atoms with van der Waals surface area (Å²) in [6, 6.07) is 1.25. The molecule has 29 heavy (non-hydrogen) atoms.